The van der Waals surface area contributed by atoms with Gasteiger partial charge in [0, 0.05) is 13.1 Å². The summed E-state index contributed by atoms with van der Waals surface area (Å²) in [5.41, 5.74) is 6.87. The van der Waals surface area contributed by atoms with Crippen LogP contribution >= 0.6 is 0 Å². The zero-order valence-corrected chi connectivity index (χ0v) is 11.5. The first-order valence-electron chi connectivity index (χ1n) is 7.02. The monoisotopic (exact) mass is 275 g/mol. The fraction of sp³-hybridized carbons (Fsp3) is 0.467. The number of hydrogen-bond acceptors (Lipinski definition) is 3. The van der Waals surface area contributed by atoms with E-state index in [9.17, 15) is 9.59 Å². The lowest BCUT2D eigenvalue weighted by atomic mass is 10.1. The van der Waals surface area contributed by atoms with Crippen LogP contribution in [0.1, 0.15) is 18.4 Å². The third kappa shape index (κ3) is 4.06. The Labute approximate surface area is 119 Å². The van der Waals surface area contributed by atoms with Crippen LogP contribution in [0.25, 0.3) is 0 Å². The minimum Gasteiger partial charge on any atom is -0.346 e. The number of carbonyl (C=O) groups is 2. The van der Waals surface area contributed by atoms with Crippen LogP contribution in [0, 0.1) is 0 Å². The molecule has 1 atom stereocenters. The van der Waals surface area contributed by atoms with E-state index in [-0.39, 0.29) is 18.4 Å². The van der Waals surface area contributed by atoms with Crippen LogP contribution in [0.2, 0.25) is 0 Å². The second-order valence-corrected chi connectivity index (χ2v) is 5.10. The number of nitrogens with zero attached hydrogens (tertiary/aromatic N) is 1. The minimum absolute atomic E-state index is 0.0252. The third-order valence-corrected chi connectivity index (χ3v) is 3.51. The number of nitrogens with two attached hydrogens (primary N) is 1. The predicted molar refractivity (Wildman–Crippen MR) is 76.9 cm³/mol. The molecule has 1 saturated heterocycles. The molecule has 0 spiro atoms. The number of benzene rings is 1. The van der Waals surface area contributed by atoms with Gasteiger partial charge in [-0.2, -0.15) is 0 Å². The SMILES string of the molecule is N[C@@H](Cc1ccccc1)C(=O)NCC(=O)N1CCCC1. The fourth-order valence-electron chi connectivity index (χ4n) is 2.33. The van der Waals surface area contributed by atoms with Crippen LogP contribution in [0.15, 0.2) is 30.3 Å². The predicted octanol–water partition coefficient (Wildman–Crippen LogP) is 0.295. The Balaban J connectivity index is 1.75. The first kappa shape index (κ1) is 14.5. The van der Waals surface area contributed by atoms with Gasteiger partial charge in [-0.05, 0) is 24.8 Å². The van der Waals surface area contributed by atoms with E-state index in [0.717, 1.165) is 31.5 Å². The van der Waals surface area contributed by atoms with Crippen molar-refractivity contribution in [2.75, 3.05) is 19.6 Å². The average Bonchev–Trinajstić information content (AvgIpc) is 2.99. The number of carbonyl (C=O) groups excluding carboxylic acids is 2. The summed E-state index contributed by atoms with van der Waals surface area (Å²) in [6.45, 7) is 1.64. The second kappa shape index (κ2) is 7.05. The van der Waals surface area contributed by atoms with Crippen molar-refractivity contribution in [3.05, 3.63) is 35.9 Å². The fourth-order valence-corrected chi connectivity index (χ4v) is 2.33. The third-order valence-electron chi connectivity index (χ3n) is 3.51. The Morgan fingerprint density at radius 3 is 2.50 bits per heavy atom. The largest absolute Gasteiger partial charge is 0.346 e. The Morgan fingerprint density at radius 2 is 1.85 bits per heavy atom. The molecule has 1 aliphatic heterocycles. The van der Waals surface area contributed by atoms with E-state index in [1.165, 1.54) is 0 Å². The maximum absolute atomic E-state index is 11.9. The number of hydrogen-bond donors (Lipinski definition) is 2. The Bertz CT molecular complexity index is 455. The molecule has 0 saturated carbocycles. The Hall–Kier alpha value is -1.88. The highest BCUT2D eigenvalue weighted by Crippen LogP contribution is 2.07. The van der Waals surface area contributed by atoms with Gasteiger partial charge in [-0.1, -0.05) is 30.3 Å². The van der Waals surface area contributed by atoms with E-state index >= 15 is 0 Å². The molecule has 20 heavy (non-hydrogen) atoms. The van der Waals surface area contributed by atoms with Crippen LogP contribution in [0.5, 0.6) is 0 Å². The maximum Gasteiger partial charge on any atom is 0.241 e. The first-order chi connectivity index (χ1) is 9.66. The van der Waals surface area contributed by atoms with Gasteiger partial charge in [-0.25, -0.2) is 0 Å². The topological polar surface area (TPSA) is 75.4 Å². The molecular formula is C15H21N3O2. The summed E-state index contributed by atoms with van der Waals surface area (Å²) < 4.78 is 0. The van der Waals surface area contributed by atoms with E-state index < -0.39 is 6.04 Å². The molecule has 3 N–H and O–H groups in total. The lowest BCUT2D eigenvalue weighted by Gasteiger charge is -2.17. The van der Waals surface area contributed by atoms with Gasteiger partial charge in [-0.3, -0.25) is 9.59 Å². The lowest BCUT2D eigenvalue weighted by molar-refractivity contribution is -0.132. The van der Waals surface area contributed by atoms with E-state index in [2.05, 4.69) is 5.32 Å². The number of amides is 2. The van der Waals surface area contributed by atoms with Gasteiger partial charge < -0.3 is 16.0 Å². The van der Waals surface area contributed by atoms with Crippen LogP contribution in [-0.2, 0) is 16.0 Å². The molecule has 108 valence electrons. The number of likely N-dealkylation sites (tertiary alicyclic amines) is 1. The van der Waals surface area contributed by atoms with Crippen LogP contribution in [0.4, 0.5) is 0 Å². The van der Waals surface area contributed by atoms with Gasteiger partial charge in [0.2, 0.25) is 11.8 Å². The minimum atomic E-state index is -0.622. The molecule has 1 heterocycles. The molecule has 1 aromatic rings. The molecule has 2 amide bonds. The normalized spacial score (nSPS) is 15.9. The summed E-state index contributed by atoms with van der Waals surface area (Å²) in [7, 11) is 0. The molecule has 2 rings (SSSR count). The Morgan fingerprint density at radius 1 is 1.20 bits per heavy atom. The molecule has 0 aliphatic carbocycles. The second-order valence-electron chi connectivity index (χ2n) is 5.10. The number of rotatable bonds is 5. The molecular weight excluding hydrogens is 254 g/mol. The van der Waals surface area contributed by atoms with Gasteiger partial charge in [0.1, 0.15) is 0 Å². The summed E-state index contributed by atoms with van der Waals surface area (Å²) in [5, 5.41) is 2.62. The molecule has 5 nitrogen and oxygen atoms in total. The van der Waals surface area contributed by atoms with E-state index in [1.807, 2.05) is 30.3 Å². The van der Waals surface area contributed by atoms with Crippen LogP contribution < -0.4 is 11.1 Å². The van der Waals surface area contributed by atoms with Gasteiger partial charge >= 0.3 is 0 Å². The highest BCUT2D eigenvalue weighted by molar-refractivity contribution is 5.87. The van der Waals surface area contributed by atoms with Gasteiger partial charge in [0.25, 0.3) is 0 Å². The Kier molecular flexibility index (Phi) is 5.12. The highest BCUT2D eigenvalue weighted by Gasteiger charge is 2.20. The van der Waals surface area contributed by atoms with Crippen molar-refractivity contribution in [3.8, 4) is 0 Å². The van der Waals surface area contributed by atoms with E-state index in [4.69, 9.17) is 5.73 Å². The standard InChI is InChI=1S/C15H21N3O2/c16-13(10-12-6-2-1-3-7-12)15(20)17-11-14(19)18-8-4-5-9-18/h1-3,6-7,13H,4-5,8-11,16H2,(H,17,20)/t13-/m0/s1. The van der Waals surface area contributed by atoms with E-state index in [0.29, 0.717) is 6.42 Å². The van der Waals surface area contributed by atoms with Crippen LogP contribution in [0.3, 0.4) is 0 Å². The molecule has 0 aromatic heterocycles. The number of nitrogens with one attached hydrogen (secondary N) is 1. The van der Waals surface area contributed by atoms with Crippen molar-refractivity contribution in [1.82, 2.24) is 10.2 Å². The van der Waals surface area contributed by atoms with Gasteiger partial charge in [0.15, 0.2) is 0 Å². The molecule has 1 fully saturated rings. The molecule has 1 aromatic carbocycles. The lowest BCUT2D eigenvalue weighted by Crippen LogP contribution is -2.46. The zero-order chi connectivity index (χ0) is 14.4. The van der Waals surface area contributed by atoms with Crippen molar-refractivity contribution in [3.63, 3.8) is 0 Å². The molecule has 0 bridgehead atoms. The van der Waals surface area contributed by atoms with Crippen molar-refractivity contribution in [2.45, 2.75) is 25.3 Å². The molecule has 1 aliphatic rings. The molecule has 0 radical (unpaired) electrons. The summed E-state index contributed by atoms with van der Waals surface area (Å²) in [5.74, 6) is -0.302. The van der Waals surface area contributed by atoms with Gasteiger partial charge in [-0.15, -0.1) is 0 Å². The summed E-state index contributed by atoms with van der Waals surface area (Å²) >= 11 is 0. The average molecular weight is 275 g/mol. The quantitative estimate of drug-likeness (QED) is 0.811. The summed E-state index contributed by atoms with van der Waals surface area (Å²) in [6, 6.07) is 8.99. The smallest absolute Gasteiger partial charge is 0.241 e. The first-order valence-corrected chi connectivity index (χ1v) is 7.02. The summed E-state index contributed by atoms with van der Waals surface area (Å²) in [4.78, 5) is 25.4. The van der Waals surface area contributed by atoms with Crippen LogP contribution in [-0.4, -0.2) is 42.4 Å². The van der Waals surface area contributed by atoms with Crippen molar-refractivity contribution in [1.29, 1.82) is 0 Å². The van der Waals surface area contributed by atoms with Crippen molar-refractivity contribution in [2.24, 2.45) is 5.73 Å². The van der Waals surface area contributed by atoms with Crippen molar-refractivity contribution < 1.29 is 9.59 Å². The zero-order valence-electron chi connectivity index (χ0n) is 11.5. The van der Waals surface area contributed by atoms with Gasteiger partial charge in [0.05, 0.1) is 12.6 Å². The molecule has 0 unspecified atom stereocenters. The molecule has 5 heteroatoms. The maximum atomic E-state index is 11.9. The van der Waals surface area contributed by atoms with E-state index in [1.54, 1.807) is 4.90 Å². The van der Waals surface area contributed by atoms with Crippen molar-refractivity contribution >= 4 is 11.8 Å². The highest BCUT2D eigenvalue weighted by atomic mass is 16.2. The summed E-state index contributed by atoms with van der Waals surface area (Å²) in [6.07, 6.45) is 2.57.